The molecular weight excluding hydrogens is 288 g/mol. The van der Waals surface area contributed by atoms with Gasteiger partial charge in [0, 0.05) is 6.08 Å². The van der Waals surface area contributed by atoms with Crippen molar-refractivity contribution in [2.75, 3.05) is 0 Å². The van der Waals surface area contributed by atoms with Crippen LogP contribution in [-0.4, -0.2) is 11.1 Å². The lowest BCUT2D eigenvalue weighted by molar-refractivity contribution is -0.131. The Kier molecular flexibility index (Phi) is 4.66. The fourth-order valence-corrected chi connectivity index (χ4v) is 2.03. The van der Waals surface area contributed by atoms with Crippen molar-refractivity contribution in [1.29, 1.82) is 0 Å². The van der Waals surface area contributed by atoms with Crippen molar-refractivity contribution in [1.82, 2.24) is 0 Å². The summed E-state index contributed by atoms with van der Waals surface area (Å²) in [6.45, 7) is 3.86. The molecule has 0 saturated carbocycles. The first-order valence-corrected chi connectivity index (χ1v) is 6.79. The summed E-state index contributed by atoms with van der Waals surface area (Å²) in [4.78, 5) is 10.5. The first kappa shape index (κ1) is 15.1. The molecule has 0 aliphatic carbocycles. The third kappa shape index (κ3) is 4.10. The first-order chi connectivity index (χ1) is 9.95. The van der Waals surface area contributed by atoms with Crippen molar-refractivity contribution in [3.05, 3.63) is 64.2 Å². The van der Waals surface area contributed by atoms with Crippen molar-refractivity contribution in [3.8, 4) is 11.5 Å². The van der Waals surface area contributed by atoms with Crippen LogP contribution in [0.25, 0.3) is 6.08 Å². The maximum Gasteiger partial charge on any atom is 0.328 e. The zero-order chi connectivity index (χ0) is 15.4. The number of ether oxygens (including phenoxy) is 1. The number of halogens is 1. The number of hydrogen-bond donors (Lipinski definition) is 1. The van der Waals surface area contributed by atoms with E-state index in [1.54, 1.807) is 18.2 Å². The van der Waals surface area contributed by atoms with Crippen LogP contribution < -0.4 is 4.74 Å². The molecule has 1 N–H and O–H groups in total. The van der Waals surface area contributed by atoms with Gasteiger partial charge in [-0.3, -0.25) is 0 Å². The number of aryl methyl sites for hydroxylation is 2. The zero-order valence-corrected chi connectivity index (χ0v) is 12.5. The number of hydrogen-bond acceptors (Lipinski definition) is 2. The van der Waals surface area contributed by atoms with Gasteiger partial charge in [-0.25, -0.2) is 4.79 Å². The molecule has 0 aliphatic heterocycles. The zero-order valence-electron chi connectivity index (χ0n) is 11.8. The Bertz CT molecular complexity index is 705. The van der Waals surface area contributed by atoms with Crippen LogP contribution in [0.15, 0.2) is 42.5 Å². The molecule has 4 heteroatoms. The second-order valence-electron chi connectivity index (χ2n) is 4.73. The SMILES string of the molecule is Cc1ccc(Cl)c(Oc2ccc(C=CC(=O)O)c(C)c2)c1. The average molecular weight is 303 g/mol. The van der Waals surface area contributed by atoms with Crippen molar-refractivity contribution in [2.24, 2.45) is 0 Å². The third-order valence-electron chi connectivity index (χ3n) is 2.96. The van der Waals surface area contributed by atoms with Crippen LogP contribution in [-0.2, 0) is 4.79 Å². The van der Waals surface area contributed by atoms with Crippen LogP contribution in [0.3, 0.4) is 0 Å². The largest absolute Gasteiger partial charge is 0.478 e. The summed E-state index contributed by atoms with van der Waals surface area (Å²) in [5.74, 6) is 0.290. The summed E-state index contributed by atoms with van der Waals surface area (Å²) in [5, 5.41) is 9.19. The third-order valence-corrected chi connectivity index (χ3v) is 3.27. The standard InChI is InChI=1S/C17H15ClO3/c1-11-3-7-15(18)16(9-11)21-14-6-4-13(12(2)10-14)5-8-17(19)20/h3-10H,1-2H3,(H,19,20). The maximum absolute atomic E-state index is 10.5. The smallest absolute Gasteiger partial charge is 0.328 e. The second kappa shape index (κ2) is 6.46. The highest BCUT2D eigenvalue weighted by Gasteiger charge is 2.05. The normalized spacial score (nSPS) is 10.8. The van der Waals surface area contributed by atoms with Gasteiger partial charge in [-0.2, -0.15) is 0 Å². The highest BCUT2D eigenvalue weighted by molar-refractivity contribution is 6.32. The van der Waals surface area contributed by atoms with Gasteiger partial charge in [0.1, 0.15) is 11.5 Å². The van der Waals surface area contributed by atoms with E-state index in [0.29, 0.717) is 16.5 Å². The number of aliphatic carboxylic acids is 1. The molecular formula is C17H15ClO3. The van der Waals surface area contributed by atoms with Crippen molar-refractivity contribution < 1.29 is 14.6 Å². The average Bonchev–Trinajstić information content (AvgIpc) is 2.42. The minimum atomic E-state index is -0.971. The van der Waals surface area contributed by atoms with E-state index in [1.165, 1.54) is 0 Å². The van der Waals surface area contributed by atoms with E-state index in [-0.39, 0.29) is 0 Å². The van der Waals surface area contributed by atoms with E-state index in [0.717, 1.165) is 22.8 Å². The fourth-order valence-electron chi connectivity index (χ4n) is 1.88. The predicted molar refractivity (Wildman–Crippen MR) is 84.1 cm³/mol. The summed E-state index contributed by atoms with van der Waals surface area (Å²) in [5.41, 5.74) is 2.82. The van der Waals surface area contributed by atoms with Gasteiger partial charge in [0.15, 0.2) is 0 Å². The second-order valence-corrected chi connectivity index (χ2v) is 5.13. The van der Waals surface area contributed by atoms with E-state index in [4.69, 9.17) is 21.4 Å². The van der Waals surface area contributed by atoms with Gasteiger partial charge in [0.2, 0.25) is 0 Å². The van der Waals surface area contributed by atoms with Crippen molar-refractivity contribution >= 4 is 23.6 Å². The number of rotatable bonds is 4. The van der Waals surface area contributed by atoms with Gasteiger partial charge >= 0.3 is 5.97 Å². The summed E-state index contributed by atoms with van der Waals surface area (Å²) >= 11 is 6.10. The van der Waals surface area contributed by atoms with E-state index in [9.17, 15) is 4.79 Å². The quantitative estimate of drug-likeness (QED) is 0.821. The summed E-state index contributed by atoms with van der Waals surface area (Å²) in [7, 11) is 0. The van der Waals surface area contributed by atoms with Crippen molar-refractivity contribution in [2.45, 2.75) is 13.8 Å². The van der Waals surface area contributed by atoms with Gasteiger partial charge in [-0.15, -0.1) is 0 Å². The molecule has 2 rings (SSSR count). The topological polar surface area (TPSA) is 46.5 Å². The Morgan fingerprint density at radius 1 is 1.19 bits per heavy atom. The number of carboxylic acids is 1. The molecule has 0 amide bonds. The molecule has 0 atom stereocenters. The van der Waals surface area contributed by atoms with E-state index in [2.05, 4.69) is 0 Å². The number of carbonyl (C=O) groups is 1. The lowest BCUT2D eigenvalue weighted by Crippen LogP contribution is -1.90. The van der Waals surface area contributed by atoms with Gasteiger partial charge in [-0.1, -0.05) is 23.7 Å². The Balaban J connectivity index is 2.24. The minimum absolute atomic E-state index is 0.549. The Labute approximate surface area is 128 Å². The van der Waals surface area contributed by atoms with Crippen LogP contribution in [0.5, 0.6) is 11.5 Å². The van der Waals surface area contributed by atoms with Gasteiger partial charge in [0.25, 0.3) is 0 Å². The van der Waals surface area contributed by atoms with E-state index in [1.807, 2.05) is 38.1 Å². The summed E-state index contributed by atoms with van der Waals surface area (Å²) in [6.07, 6.45) is 2.67. The van der Waals surface area contributed by atoms with E-state index >= 15 is 0 Å². The molecule has 0 bridgehead atoms. The molecule has 0 heterocycles. The highest BCUT2D eigenvalue weighted by atomic mass is 35.5. The fraction of sp³-hybridized carbons (Fsp3) is 0.118. The lowest BCUT2D eigenvalue weighted by Gasteiger charge is -2.10. The van der Waals surface area contributed by atoms with Gasteiger partial charge < -0.3 is 9.84 Å². The Hall–Kier alpha value is -2.26. The molecule has 0 aromatic heterocycles. The summed E-state index contributed by atoms with van der Waals surface area (Å²) in [6, 6.07) is 11.0. The molecule has 3 nitrogen and oxygen atoms in total. The number of benzene rings is 2. The van der Waals surface area contributed by atoms with Crippen molar-refractivity contribution in [3.63, 3.8) is 0 Å². The molecule has 2 aromatic carbocycles. The highest BCUT2D eigenvalue weighted by Crippen LogP contribution is 2.31. The first-order valence-electron chi connectivity index (χ1n) is 6.41. The predicted octanol–water partition coefficient (Wildman–Crippen LogP) is 4.85. The van der Waals surface area contributed by atoms with Crippen LogP contribution in [0, 0.1) is 13.8 Å². The Morgan fingerprint density at radius 2 is 1.95 bits per heavy atom. The van der Waals surface area contributed by atoms with Crippen LogP contribution in [0.2, 0.25) is 5.02 Å². The molecule has 0 saturated heterocycles. The van der Waals surface area contributed by atoms with Crippen LogP contribution >= 0.6 is 11.6 Å². The summed E-state index contributed by atoms with van der Waals surface area (Å²) < 4.78 is 5.78. The molecule has 2 aromatic rings. The monoisotopic (exact) mass is 302 g/mol. The van der Waals surface area contributed by atoms with Crippen LogP contribution in [0.4, 0.5) is 0 Å². The minimum Gasteiger partial charge on any atom is -0.478 e. The molecule has 0 aliphatic rings. The molecule has 21 heavy (non-hydrogen) atoms. The van der Waals surface area contributed by atoms with Gasteiger partial charge in [-0.05, 0) is 60.9 Å². The molecule has 0 spiro atoms. The maximum atomic E-state index is 10.5. The molecule has 108 valence electrons. The molecule has 0 fully saturated rings. The molecule has 0 unspecified atom stereocenters. The van der Waals surface area contributed by atoms with E-state index < -0.39 is 5.97 Å². The molecule has 0 radical (unpaired) electrons. The Morgan fingerprint density at radius 3 is 2.62 bits per heavy atom. The van der Waals surface area contributed by atoms with Gasteiger partial charge in [0.05, 0.1) is 5.02 Å². The lowest BCUT2D eigenvalue weighted by atomic mass is 10.1. The number of carboxylic acid groups (broad SMARTS) is 1. The van der Waals surface area contributed by atoms with Crippen LogP contribution in [0.1, 0.15) is 16.7 Å².